The summed E-state index contributed by atoms with van der Waals surface area (Å²) >= 11 is 0. The molecule has 0 atom stereocenters. The minimum absolute atomic E-state index is 0.0572. The second kappa shape index (κ2) is 4.38. The third-order valence-corrected chi connectivity index (χ3v) is 3.26. The molecule has 1 aliphatic rings. The van der Waals surface area contributed by atoms with Crippen molar-refractivity contribution in [3.05, 3.63) is 30.0 Å². The number of aliphatic carboxylic acids is 1. The molecule has 6 heteroatoms. The lowest BCUT2D eigenvalue weighted by atomic mass is 10.1. The van der Waals surface area contributed by atoms with Gasteiger partial charge >= 0.3 is 5.97 Å². The molecule has 2 aromatic rings. The summed E-state index contributed by atoms with van der Waals surface area (Å²) in [5.74, 6) is -1.24. The van der Waals surface area contributed by atoms with Crippen LogP contribution < -0.4 is 0 Å². The third-order valence-electron chi connectivity index (χ3n) is 3.26. The number of carboxylic acid groups (broad SMARTS) is 1. The number of carbonyl (C=O) groups is 2. The fourth-order valence-electron chi connectivity index (χ4n) is 2.20. The lowest BCUT2D eigenvalue weighted by Gasteiger charge is -2.20. The molecule has 1 saturated carbocycles. The van der Waals surface area contributed by atoms with E-state index in [2.05, 4.69) is 10.2 Å². The van der Waals surface area contributed by atoms with Crippen LogP contribution in [0.2, 0.25) is 0 Å². The number of aromatic nitrogens is 2. The number of H-pyrrole nitrogens is 1. The van der Waals surface area contributed by atoms with Gasteiger partial charge in [0.1, 0.15) is 6.54 Å². The Hall–Kier alpha value is -2.37. The molecule has 0 aliphatic heterocycles. The van der Waals surface area contributed by atoms with E-state index in [-0.39, 0.29) is 18.5 Å². The van der Waals surface area contributed by atoms with Gasteiger partial charge in [0.05, 0.1) is 17.3 Å². The quantitative estimate of drug-likeness (QED) is 0.865. The predicted molar refractivity (Wildman–Crippen MR) is 67.8 cm³/mol. The Bertz CT molecular complexity index is 645. The van der Waals surface area contributed by atoms with Gasteiger partial charge in [0.25, 0.3) is 5.91 Å². The Labute approximate surface area is 109 Å². The van der Waals surface area contributed by atoms with Crippen molar-refractivity contribution in [2.45, 2.75) is 18.9 Å². The second-order valence-corrected chi connectivity index (χ2v) is 4.70. The second-order valence-electron chi connectivity index (χ2n) is 4.70. The van der Waals surface area contributed by atoms with E-state index in [1.165, 1.54) is 4.90 Å². The van der Waals surface area contributed by atoms with Crippen LogP contribution in [0.5, 0.6) is 0 Å². The number of nitrogens with one attached hydrogen (secondary N) is 1. The van der Waals surface area contributed by atoms with Gasteiger partial charge in [0.2, 0.25) is 0 Å². The number of benzene rings is 1. The van der Waals surface area contributed by atoms with Crippen LogP contribution in [-0.2, 0) is 4.79 Å². The molecule has 0 bridgehead atoms. The van der Waals surface area contributed by atoms with Gasteiger partial charge in [-0.05, 0) is 18.9 Å². The van der Waals surface area contributed by atoms with Gasteiger partial charge in [0, 0.05) is 11.4 Å². The first kappa shape index (κ1) is 11.7. The molecule has 0 spiro atoms. The van der Waals surface area contributed by atoms with E-state index in [9.17, 15) is 9.59 Å². The lowest BCUT2D eigenvalue weighted by molar-refractivity contribution is -0.137. The SMILES string of the molecule is O=C(O)CN(C(=O)c1cccc2cn[nH]c12)C1CC1. The molecule has 1 fully saturated rings. The molecule has 1 aromatic heterocycles. The number of hydrogen-bond acceptors (Lipinski definition) is 3. The van der Waals surface area contributed by atoms with Gasteiger partial charge in [-0.25, -0.2) is 0 Å². The Kier molecular flexibility index (Phi) is 2.70. The van der Waals surface area contributed by atoms with Crippen molar-refractivity contribution in [3.8, 4) is 0 Å². The van der Waals surface area contributed by atoms with Crippen LogP contribution in [0.1, 0.15) is 23.2 Å². The van der Waals surface area contributed by atoms with E-state index in [1.54, 1.807) is 18.3 Å². The lowest BCUT2D eigenvalue weighted by Crippen LogP contribution is -2.37. The van der Waals surface area contributed by atoms with Gasteiger partial charge in [0.15, 0.2) is 0 Å². The van der Waals surface area contributed by atoms with Crippen LogP contribution in [0.15, 0.2) is 24.4 Å². The Morgan fingerprint density at radius 3 is 2.89 bits per heavy atom. The number of para-hydroxylation sites is 1. The van der Waals surface area contributed by atoms with Crippen LogP contribution in [0.4, 0.5) is 0 Å². The summed E-state index contributed by atoms with van der Waals surface area (Å²) in [7, 11) is 0. The van der Waals surface area contributed by atoms with E-state index in [0.717, 1.165) is 18.2 Å². The van der Waals surface area contributed by atoms with E-state index in [0.29, 0.717) is 11.1 Å². The summed E-state index contributed by atoms with van der Waals surface area (Å²) in [6.45, 7) is -0.256. The molecule has 3 rings (SSSR count). The van der Waals surface area contributed by atoms with E-state index >= 15 is 0 Å². The summed E-state index contributed by atoms with van der Waals surface area (Å²) in [5, 5.41) is 16.5. The molecule has 6 nitrogen and oxygen atoms in total. The molecule has 1 aliphatic carbocycles. The maximum atomic E-state index is 12.5. The summed E-state index contributed by atoms with van der Waals surface area (Å²) in [4.78, 5) is 24.8. The minimum atomic E-state index is -0.989. The number of carbonyl (C=O) groups excluding carboxylic acids is 1. The Morgan fingerprint density at radius 1 is 1.42 bits per heavy atom. The molecule has 98 valence electrons. The first-order valence-corrected chi connectivity index (χ1v) is 6.11. The Balaban J connectivity index is 1.97. The molecule has 1 aromatic carbocycles. The predicted octanol–water partition coefficient (Wildman–Crippen LogP) is 1.25. The summed E-state index contributed by atoms with van der Waals surface area (Å²) in [6, 6.07) is 5.38. The van der Waals surface area contributed by atoms with Gasteiger partial charge in [-0.3, -0.25) is 14.7 Å². The highest BCUT2D eigenvalue weighted by Gasteiger charge is 2.34. The average molecular weight is 259 g/mol. The average Bonchev–Trinajstić information content (AvgIpc) is 3.11. The van der Waals surface area contributed by atoms with Crippen molar-refractivity contribution in [1.29, 1.82) is 0 Å². The monoisotopic (exact) mass is 259 g/mol. The number of fused-ring (bicyclic) bond motifs is 1. The van der Waals surface area contributed by atoms with Gasteiger partial charge in [-0.15, -0.1) is 0 Å². The largest absolute Gasteiger partial charge is 0.480 e. The molecule has 0 unspecified atom stereocenters. The van der Waals surface area contributed by atoms with Gasteiger partial charge in [-0.2, -0.15) is 5.10 Å². The zero-order valence-electron chi connectivity index (χ0n) is 10.2. The molecular formula is C13H13N3O3. The van der Waals surface area contributed by atoms with E-state index in [4.69, 9.17) is 5.11 Å². The summed E-state index contributed by atoms with van der Waals surface area (Å²) in [5.41, 5.74) is 1.13. The van der Waals surface area contributed by atoms with Crippen molar-refractivity contribution in [2.24, 2.45) is 0 Å². The Morgan fingerprint density at radius 2 is 2.21 bits per heavy atom. The zero-order valence-corrected chi connectivity index (χ0v) is 10.2. The standard InChI is InChI=1S/C13H13N3O3/c17-11(18)7-16(9-4-5-9)13(19)10-3-1-2-8-6-14-15-12(8)10/h1-3,6,9H,4-5,7H2,(H,14,15)(H,17,18). The highest BCUT2D eigenvalue weighted by Crippen LogP contribution is 2.29. The molecular weight excluding hydrogens is 246 g/mol. The third kappa shape index (κ3) is 2.16. The number of carboxylic acids is 1. The number of aromatic amines is 1. The fraction of sp³-hybridized carbons (Fsp3) is 0.308. The smallest absolute Gasteiger partial charge is 0.323 e. The van der Waals surface area contributed by atoms with Gasteiger partial charge < -0.3 is 10.0 Å². The number of hydrogen-bond donors (Lipinski definition) is 2. The first-order valence-electron chi connectivity index (χ1n) is 6.11. The van der Waals surface area contributed by atoms with Crippen LogP contribution in [0.3, 0.4) is 0 Å². The van der Waals surface area contributed by atoms with Crippen LogP contribution in [0.25, 0.3) is 10.9 Å². The summed E-state index contributed by atoms with van der Waals surface area (Å²) in [6.07, 6.45) is 3.39. The van der Waals surface area contributed by atoms with Crippen molar-refractivity contribution in [3.63, 3.8) is 0 Å². The molecule has 0 saturated heterocycles. The summed E-state index contributed by atoms with van der Waals surface area (Å²) < 4.78 is 0. The van der Waals surface area contributed by atoms with Crippen molar-refractivity contribution in [2.75, 3.05) is 6.54 Å². The maximum absolute atomic E-state index is 12.5. The van der Waals surface area contributed by atoms with Gasteiger partial charge in [-0.1, -0.05) is 12.1 Å². The molecule has 1 heterocycles. The molecule has 19 heavy (non-hydrogen) atoms. The topological polar surface area (TPSA) is 86.3 Å². The molecule has 0 radical (unpaired) electrons. The van der Waals surface area contributed by atoms with E-state index < -0.39 is 5.97 Å². The maximum Gasteiger partial charge on any atom is 0.323 e. The molecule has 2 N–H and O–H groups in total. The number of nitrogens with zero attached hydrogens (tertiary/aromatic N) is 2. The van der Waals surface area contributed by atoms with Crippen LogP contribution in [-0.4, -0.2) is 44.7 Å². The highest BCUT2D eigenvalue weighted by molar-refractivity contribution is 6.06. The van der Waals surface area contributed by atoms with E-state index in [1.807, 2.05) is 6.07 Å². The van der Waals surface area contributed by atoms with Crippen molar-refractivity contribution in [1.82, 2.24) is 15.1 Å². The van der Waals surface area contributed by atoms with Crippen molar-refractivity contribution >= 4 is 22.8 Å². The highest BCUT2D eigenvalue weighted by atomic mass is 16.4. The normalized spacial score (nSPS) is 14.5. The van der Waals surface area contributed by atoms with Crippen LogP contribution in [0, 0.1) is 0 Å². The molecule has 1 amide bonds. The zero-order chi connectivity index (χ0) is 13.4. The van der Waals surface area contributed by atoms with Crippen LogP contribution >= 0.6 is 0 Å². The fourth-order valence-corrected chi connectivity index (χ4v) is 2.20. The first-order chi connectivity index (χ1) is 9.16. The number of rotatable bonds is 4. The van der Waals surface area contributed by atoms with Crippen molar-refractivity contribution < 1.29 is 14.7 Å². The number of amides is 1. The minimum Gasteiger partial charge on any atom is -0.480 e.